The molecule has 4 heteroatoms. The van der Waals surface area contributed by atoms with Gasteiger partial charge in [0.2, 0.25) is 5.91 Å². The van der Waals surface area contributed by atoms with E-state index in [1.54, 1.807) is 0 Å². The van der Waals surface area contributed by atoms with E-state index in [0.717, 1.165) is 26.1 Å². The van der Waals surface area contributed by atoms with E-state index in [9.17, 15) is 4.79 Å². The van der Waals surface area contributed by atoms with Crippen molar-refractivity contribution in [2.24, 2.45) is 0 Å². The van der Waals surface area contributed by atoms with Crippen LogP contribution in [-0.4, -0.2) is 49.6 Å². The first-order valence-corrected chi connectivity index (χ1v) is 6.20. The number of carbonyl (C=O) groups is 1. The fraction of sp³-hybridized carbons (Fsp3) is 0.917. The van der Waals surface area contributed by atoms with E-state index in [4.69, 9.17) is 0 Å². The highest BCUT2D eigenvalue weighted by molar-refractivity contribution is 5.81. The first kappa shape index (κ1) is 15.4. The number of hydrogen-bond donors (Lipinski definition) is 2. The van der Waals surface area contributed by atoms with Crippen molar-refractivity contribution in [2.75, 3.05) is 26.7 Å². The van der Waals surface area contributed by atoms with Crippen molar-refractivity contribution in [2.45, 2.75) is 46.2 Å². The zero-order valence-corrected chi connectivity index (χ0v) is 11.3. The van der Waals surface area contributed by atoms with Gasteiger partial charge in [-0.3, -0.25) is 4.79 Å². The van der Waals surface area contributed by atoms with Gasteiger partial charge in [-0.1, -0.05) is 6.92 Å². The van der Waals surface area contributed by atoms with E-state index in [1.165, 1.54) is 0 Å². The molecular formula is C12H27N3O. The molecule has 1 amide bonds. The van der Waals surface area contributed by atoms with Crippen LogP contribution in [0.15, 0.2) is 0 Å². The van der Waals surface area contributed by atoms with Gasteiger partial charge in [0.1, 0.15) is 0 Å². The van der Waals surface area contributed by atoms with E-state index < -0.39 is 0 Å². The highest BCUT2D eigenvalue weighted by Crippen LogP contribution is 1.91. The lowest BCUT2D eigenvalue weighted by atomic mass is 10.3. The Morgan fingerprint density at radius 1 is 1.25 bits per heavy atom. The molecule has 0 heterocycles. The van der Waals surface area contributed by atoms with Gasteiger partial charge in [-0.05, 0) is 34.2 Å². The van der Waals surface area contributed by atoms with Gasteiger partial charge in [0.05, 0.1) is 6.04 Å². The van der Waals surface area contributed by atoms with Crippen molar-refractivity contribution in [3.8, 4) is 0 Å². The highest BCUT2D eigenvalue weighted by Gasteiger charge is 2.11. The molecule has 1 unspecified atom stereocenters. The summed E-state index contributed by atoms with van der Waals surface area (Å²) < 4.78 is 0. The van der Waals surface area contributed by atoms with Crippen molar-refractivity contribution in [1.82, 2.24) is 15.5 Å². The zero-order chi connectivity index (χ0) is 12.6. The van der Waals surface area contributed by atoms with Crippen molar-refractivity contribution in [3.63, 3.8) is 0 Å². The van der Waals surface area contributed by atoms with Crippen molar-refractivity contribution in [3.05, 3.63) is 0 Å². The summed E-state index contributed by atoms with van der Waals surface area (Å²) in [6.07, 6.45) is 0.981. The molecule has 0 radical (unpaired) electrons. The Kier molecular flexibility index (Phi) is 8.21. The SMILES string of the molecule is CCCNC(=O)C(C)NCCN(C)C(C)C. The third-order valence-corrected chi connectivity index (χ3v) is 2.74. The van der Waals surface area contributed by atoms with Crippen LogP contribution in [0.4, 0.5) is 0 Å². The number of rotatable bonds is 8. The summed E-state index contributed by atoms with van der Waals surface area (Å²) in [7, 11) is 2.09. The van der Waals surface area contributed by atoms with E-state index in [1.807, 2.05) is 6.92 Å². The Hall–Kier alpha value is -0.610. The molecule has 0 bridgehead atoms. The lowest BCUT2D eigenvalue weighted by Crippen LogP contribution is -2.45. The van der Waals surface area contributed by atoms with Crippen LogP contribution in [0.25, 0.3) is 0 Å². The van der Waals surface area contributed by atoms with Gasteiger partial charge in [-0.25, -0.2) is 0 Å². The second-order valence-electron chi connectivity index (χ2n) is 4.54. The molecule has 1 atom stereocenters. The second kappa shape index (κ2) is 8.53. The van der Waals surface area contributed by atoms with Gasteiger partial charge in [0.15, 0.2) is 0 Å². The summed E-state index contributed by atoms with van der Waals surface area (Å²) in [4.78, 5) is 13.8. The summed E-state index contributed by atoms with van der Waals surface area (Å²) >= 11 is 0. The average Bonchev–Trinajstić information content (AvgIpc) is 2.25. The zero-order valence-electron chi connectivity index (χ0n) is 11.3. The van der Waals surface area contributed by atoms with Gasteiger partial charge in [0.25, 0.3) is 0 Å². The Bertz CT molecular complexity index is 195. The third-order valence-electron chi connectivity index (χ3n) is 2.74. The molecule has 0 aliphatic heterocycles. The third kappa shape index (κ3) is 6.80. The maximum absolute atomic E-state index is 11.5. The van der Waals surface area contributed by atoms with E-state index in [0.29, 0.717) is 6.04 Å². The van der Waals surface area contributed by atoms with Crippen molar-refractivity contribution < 1.29 is 4.79 Å². The fourth-order valence-corrected chi connectivity index (χ4v) is 1.21. The molecule has 4 nitrogen and oxygen atoms in total. The maximum Gasteiger partial charge on any atom is 0.236 e. The Morgan fingerprint density at radius 2 is 1.88 bits per heavy atom. The molecule has 0 saturated carbocycles. The molecule has 16 heavy (non-hydrogen) atoms. The largest absolute Gasteiger partial charge is 0.355 e. The summed E-state index contributed by atoms with van der Waals surface area (Å²) in [5.41, 5.74) is 0. The Balaban J connectivity index is 3.64. The van der Waals surface area contributed by atoms with E-state index in [-0.39, 0.29) is 11.9 Å². The maximum atomic E-state index is 11.5. The van der Waals surface area contributed by atoms with Gasteiger partial charge in [-0.2, -0.15) is 0 Å². The lowest BCUT2D eigenvalue weighted by Gasteiger charge is -2.22. The van der Waals surface area contributed by atoms with Gasteiger partial charge in [0, 0.05) is 25.7 Å². The quantitative estimate of drug-likeness (QED) is 0.648. The van der Waals surface area contributed by atoms with Crippen LogP contribution in [0.1, 0.15) is 34.1 Å². The van der Waals surface area contributed by atoms with Crippen molar-refractivity contribution >= 4 is 5.91 Å². The molecular weight excluding hydrogens is 202 g/mol. The second-order valence-corrected chi connectivity index (χ2v) is 4.54. The van der Waals surface area contributed by atoms with Crippen LogP contribution in [0.2, 0.25) is 0 Å². The van der Waals surface area contributed by atoms with Crippen LogP contribution in [0.5, 0.6) is 0 Å². The molecule has 0 aliphatic carbocycles. The number of likely N-dealkylation sites (N-methyl/N-ethyl adjacent to an activating group) is 1. The molecule has 2 N–H and O–H groups in total. The highest BCUT2D eigenvalue weighted by atomic mass is 16.2. The minimum atomic E-state index is -0.105. The van der Waals surface area contributed by atoms with Crippen LogP contribution < -0.4 is 10.6 Å². The molecule has 96 valence electrons. The Morgan fingerprint density at radius 3 is 2.38 bits per heavy atom. The summed E-state index contributed by atoms with van der Waals surface area (Å²) in [6.45, 7) is 10.8. The predicted octanol–water partition coefficient (Wildman–Crippen LogP) is 0.831. The number of amides is 1. The summed E-state index contributed by atoms with van der Waals surface area (Å²) in [6, 6.07) is 0.443. The van der Waals surface area contributed by atoms with Gasteiger partial charge in [-0.15, -0.1) is 0 Å². The topological polar surface area (TPSA) is 44.4 Å². The predicted molar refractivity (Wildman–Crippen MR) is 68.5 cm³/mol. The van der Waals surface area contributed by atoms with Crippen LogP contribution >= 0.6 is 0 Å². The molecule has 0 fully saturated rings. The molecule has 0 aromatic rings. The normalized spacial score (nSPS) is 13.2. The molecule has 0 aromatic heterocycles. The van der Waals surface area contributed by atoms with E-state index >= 15 is 0 Å². The smallest absolute Gasteiger partial charge is 0.236 e. The molecule has 0 saturated heterocycles. The first-order chi connectivity index (χ1) is 7.49. The lowest BCUT2D eigenvalue weighted by molar-refractivity contribution is -0.122. The minimum Gasteiger partial charge on any atom is -0.355 e. The minimum absolute atomic E-state index is 0.0917. The summed E-state index contributed by atoms with van der Waals surface area (Å²) in [5, 5.41) is 6.10. The molecule has 0 rings (SSSR count). The molecule has 0 aromatic carbocycles. The van der Waals surface area contributed by atoms with Gasteiger partial charge < -0.3 is 15.5 Å². The number of carbonyl (C=O) groups excluding carboxylic acids is 1. The number of hydrogen-bond acceptors (Lipinski definition) is 3. The molecule has 0 spiro atoms. The first-order valence-electron chi connectivity index (χ1n) is 6.20. The fourth-order valence-electron chi connectivity index (χ4n) is 1.21. The van der Waals surface area contributed by atoms with Crippen LogP contribution in [0.3, 0.4) is 0 Å². The van der Waals surface area contributed by atoms with Crippen LogP contribution in [-0.2, 0) is 4.79 Å². The van der Waals surface area contributed by atoms with Gasteiger partial charge >= 0.3 is 0 Å². The number of nitrogens with zero attached hydrogens (tertiary/aromatic N) is 1. The molecule has 0 aliphatic rings. The van der Waals surface area contributed by atoms with Crippen LogP contribution in [0, 0.1) is 0 Å². The standard InChI is InChI=1S/C12H27N3O/c1-6-7-14-12(16)11(4)13-8-9-15(5)10(2)3/h10-11,13H,6-9H2,1-5H3,(H,14,16). The number of nitrogens with one attached hydrogen (secondary N) is 2. The Labute approximate surface area is 99.8 Å². The van der Waals surface area contributed by atoms with Crippen molar-refractivity contribution in [1.29, 1.82) is 0 Å². The average molecular weight is 229 g/mol. The monoisotopic (exact) mass is 229 g/mol. The van der Waals surface area contributed by atoms with E-state index in [2.05, 4.69) is 43.4 Å². The summed E-state index contributed by atoms with van der Waals surface area (Å²) in [5.74, 6) is 0.0917.